The predicted molar refractivity (Wildman–Crippen MR) is 72.2 cm³/mol. The largest absolute Gasteiger partial charge is 0.463 e. The molecule has 0 radical (unpaired) electrons. The van der Waals surface area contributed by atoms with Gasteiger partial charge in [0.05, 0.1) is 6.61 Å². The lowest BCUT2D eigenvalue weighted by Gasteiger charge is -2.11. The molecular formula is C12H17N7O. The van der Waals surface area contributed by atoms with E-state index in [1.54, 1.807) is 23.3 Å². The van der Waals surface area contributed by atoms with Gasteiger partial charge < -0.3 is 4.74 Å². The van der Waals surface area contributed by atoms with E-state index in [0.29, 0.717) is 18.5 Å². The Labute approximate surface area is 116 Å². The van der Waals surface area contributed by atoms with E-state index in [2.05, 4.69) is 25.4 Å². The number of nitrogen functional groups attached to an aromatic ring is 1. The lowest BCUT2D eigenvalue weighted by molar-refractivity contribution is 0.233. The molecule has 1 saturated carbocycles. The Morgan fingerprint density at radius 2 is 2.15 bits per heavy atom. The van der Waals surface area contributed by atoms with Crippen LogP contribution in [0.5, 0.6) is 6.01 Å². The molecule has 0 spiro atoms. The molecule has 0 unspecified atom stereocenters. The van der Waals surface area contributed by atoms with Crippen LogP contribution in [0.1, 0.15) is 25.7 Å². The van der Waals surface area contributed by atoms with Crippen LogP contribution in [-0.2, 0) is 0 Å². The predicted octanol–water partition coefficient (Wildman–Crippen LogP) is 0.912. The van der Waals surface area contributed by atoms with Crippen molar-refractivity contribution >= 4 is 5.95 Å². The van der Waals surface area contributed by atoms with Gasteiger partial charge in [-0.1, -0.05) is 12.8 Å². The Hall–Kier alpha value is -2.22. The van der Waals surface area contributed by atoms with E-state index in [1.165, 1.54) is 25.7 Å². The molecule has 0 saturated heterocycles. The molecule has 0 atom stereocenters. The minimum absolute atomic E-state index is 0.269. The highest BCUT2D eigenvalue weighted by Gasteiger charge is 2.17. The first-order valence-corrected chi connectivity index (χ1v) is 6.69. The number of rotatable bonds is 5. The molecule has 106 valence electrons. The molecule has 0 bridgehead atoms. The number of nitrogens with two attached hydrogens (primary N) is 1. The van der Waals surface area contributed by atoms with Gasteiger partial charge in [0.1, 0.15) is 6.33 Å². The average Bonchev–Trinajstić information content (AvgIpc) is 3.17. The van der Waals surface area contributed by atoms with E-state index in [9.17, 15) is 0 Å². The maximum Gasteiger partial charge on any atom is 0.323 e. The summed E-state index contributed by atoms with van der Waals surface area (Å²) < 4.78 is 7.35. The Bertz CT molecular complexity index is 551. The van der Waals surface area contributed by atoms with Crippen molar-refractivity contribution in [3.8, 4) is 12.0 Å². The van der Waals surface area contributed by atoms with Crippen LogP contribution < -0.4 is 16.0 Å². The smallest absolute Gasteiger partial charge is 0.323 e. The minimum atomic E-state index is 0.269. The second-order valence-corrected chi connectivity index (χ2v) is 4.82. The highest BCUT2D eigenvalue weighted by atomic mass is 16.5. The van der Waals surface area contributed by atoms with Gasteiger partial charge >= 0.3 is 6.01 Å². The lowest BCUT2D eigenvalue weighted by Crippen LogP contribution is -2.16. The molecule has 8 heteroatoms. The van der Waals surface area contributed by atoms with Crippen LogP contribution in [0, 0.1) is 5.92 Å². The zero-order valence-corrected chi connectivity index (χ0v) is 11.1. The number of nitrogens with zero attached hydrogens (tertiary/aromatic N) is 5. The summed E-state index contributed by atoms with van der Waals surface area (Å²) in [5, 5.41) is 0. The van der Waals surface area contributed by atoms with Crippen molar-refractivity contribution < 1.29 is 4.74 Å². The normalized spacial score (nSPS) is 15.4. The van der Waals surface area contributed by atoms with Crippen LogP contribution in [0.4, 0.5) is 5.95 Å². The molecular weight excluding hydrogens is 258 g/mol. The molecule has 1 aliphatic carbocycles. The summed E-state index contributed by atoms with van der Waals surface area (Å²) in [6.45, 7) is 0.636. The van der Waals surface area contributed by atoms with Crippen LogP contribution in [0.25, 0.3) is 5.95 Å². The molecule has 2 aromatic rings. The van der Waals surface area contributed by atoms with Gasteiger partial charge in [0.25, 0.3) is 0 Å². The minimum Gasteiger partial charge on any atom is -0.463 e. The maximum absolute atomic E-state index is 5.68. The van der Waals surface area contributed by atoms with Crippen LogP contribution in [0.3, 0.4) is 0 Å². The second-order valence-electron chi connectivity index (χ2n) is 4.82. The zero-order chi connectivity index (χ0) is 13.8. The third-order valence-corrected chi connectivity index (χ3v) is 3.39. The quantitative estimate of drug-likeness (QED) is 0.617. The fourth-order valence-electron chi connectivity index (χ4n) is 2.34. The Morgan fingerprint density at radius 1 is 1.30 bits per heavy atom. The number of hydrazine groups is 1. The van der Waals surface area contributed by atoms with Crippen LogP contribution >= 0.6 is 0 Å². The van der Waals surface area contributed by atoms with Crippen molar-refractivity contribution in [2.75, 3.05) is 12.0 Å². The summed E-state index contributed by atoms with van der Waals surface area (Å²) in [6.07, 6.45) is 9.98. The molecule has 0 aliphatic heterocycles. The summed E-state index contributed by atoms with van der Waals surface area (Å²) in [4.78, 5) is 16.5. The molecule has 2 heterocycles. The van der Waals surface area contributed by atoms with Gasteiger partial charge in [-0.15, -0.1) is 0 Å². The van der Waals surface area contributed by atoms with Crippen LogP contribution in [0.2, 0.25) is 0 Å². The van der Waals surface area contributed by atoms with Gasteiger partial charge in [-0.2, -0.15) is 15.0 Å². The molecule has 3 N–H and O–H groups in total. The van der Waals surface area contributed by atoms with Gasteiger partial charge in [-0.05, 0) is 18.8 Å². The van der Waals surface area contributed by atoms with Gasteiger partial charge in [-0.25, -0.2) is 10.8 Å². The van der Waals surface area contributed by atoms with E-state index < -0.39 is 0 Å². The molecule has 0 aromatic carbocycles. The average molecular weight is 275 g/mol. The first-order valence-electron chi connectivity index (χ1n) is 6.69. The van der Waals surface area contributed by atoms with Gasteiger partial charge in [0, 0.05) is 12.4 Å². The summed E-state index contributed by atoms with van der Waals surface area (Å²) in [7, 11) is 0. The van der Waals surface area contributed by atoms with Gasteiger partial charge in [0.2, 0.25) is 11.9 Å². The fourth-order valence-corrected chi connectivity index (χ4v) is 2.34. The molecule has 3 rings (SSSR count). The molecule has 1 aliphatic rings. The standard InChI is InChI=1S/C12H17N7O/c13-18-10-15-11(19-6-5-14-8-19)17-12(16-10)20-7-9-3-1-2-4-9/h5-6,8-9H,1-4,7,13H2,(H,15,16,17,18). The van der Waals surface area contributed by atoms with E-state index in [1.807, 2.05) is 0 Å². The van der Waals surface area contributed by atoms with Crippen molar-refractivity contribution in [1.82, 2.24) is 24.5 Å². The van der Waals surface area contributed by atoms with E-state index in [0.717, 1.165) is 0 Å². The summed E-state index contributed by atoms with van der Waals surface area (Å²) in [5.74, 6) is 6.66. The third kappa shape index (κ3) is 2.85. The molecule has 2 aromatic heterocycles. The highest BCUT2D eigenvalue weighted by Crippen LogP contribution is 2.25. The number of hydrogen-bond acceptors (Lipinski definition) is 7. The zero-order valence-electron chi connectivity index (χ0n) is 11.1. The van der Waals surface area contributed by atoms with Crippen molar-refractivity contribution in [3.63, 3.8) is 0 Å². The first-order chi connectivity index (χ1) is 9.85. The van der Waals surface area contributed by atoms with E-state index >= 15 is 0 Å². The van der Waals surface area contributed by atoms with E-state index in [-0.39, 0.29) is 12.0 Å². The maximum atomic E-state index is 5.68. The number of anilines is 1. The number of nitrogens with one attached hydrogen (secondary N) is 1. The van der Waals surface area contributed by atoms with Gasteiger partial charge in [0.15, 0.2) is 0 Å². The van der Waals surface area contributed by atoms with Crippen molar-refractivity contribution in [3.05, 3.63) is 18.7 Å². The highest BCUT2D eigenvalue weighted by molar-refractivity contribution is 5.28. The SMILES string of the molecule is NNc1nc(OCC2CCCC2)nc(-n2ccnc2)n1. The monoisotopic (exact) mass is 275 g/mol. The summed E-state index contributed by atoms with van der Waals surface area (Å²) in [5.41, 5.74) is 2.42. The van der Waals surface area contributed by atoms with Gasteiger partial charge in [-0.3, -0.25) is 9.99 Å². The topological polar surface area (TPSA) is 104 Å². The van der Waals surface area contributed by atoms with Crippen LogP contribution in [-0.4, -0.2) is 31.1 Å². The fraction of sp³-hybridized carbons (Fsp3) is 0.500. The number of aromatic nitrogens is 5. The second kappa shape index (κ2) is 5.83. The first kappa shape index (κ1) is 12.8. The number of hydrogen-bond donors (Lipinski definition) is 2. The molecule has 20 heavy (non-hydrogen) atoms. The Balaban J connectivity index is 1.77. The lowest BCUT2D eigenvalue weighted by atomic mass is 10.1. The van der Waals surface area contributed by atoms with Crippen molar-refractivity contribution in [2.24, 2.45) is 11.8 Å². The number of ether oxygens (including phenoxy) is 1. The van der Waals surface area contributed by atoms with Crippen LogP contribution in [0.15, 0.2) is 18.7 Å². The van der Waals surface area contributed by atoms with Crippen molar-refractivity contribution in [1.29, 1.82) is 0 Å². The summed E-state index contributed by atoms with van der Waals surface area (Å²) in [6, 6.07) is 0.281. The third-order valence-electron chi connectivity index (χ3n) is 3.39. The molecule has 8 nitrogen and oxygen atoms in total. The van der Waals surface area contributed by atoms with E-state index in [4.69, 9.17) is 10.6 Å². The van der Waals surface area contributed by atoms with Crippen molar-refractivity contribution in [2.45, 2.75) is 25.7 Å². The molecule has 0 amide bonds. The Morgan fingerprint density at radius 3 is 2.85 bits per heavy atom. The summed E-state index contributed by atoms with van der Waals surface area (Å²) >= 11 is 0. The molecule has 1 fully saturated rings. The number of imidazole rings is 1. The Kier molecular flexibility index (Phi) is 3.73.